The Balaban J connectivity index is 1.76. The number of piperazine rings is 1. The first kappa shape index (κ1) is 25.0. The summed E-state index contributed by atoms with van der Waals surface area (Å²) in [5.41, 5.74) is 2.47. The molecule has 0 spiro atoms. The van der Waals surface area contributed by atoms with Crippen LogP contribution < -0.4 is 20.9 Å². The highest BCUT2D eigenvalue weighted by molar-refractivity contribution is 6.02. The smallest absolute Gasteiger partial charge is 0.317 e. The molecule has 34 heavy (non-hydrogen) atoms. The Labute approximate surface area is 199 Å². The first-order chi connectivity index (χ1) is 16.3. The number of hydrogen-bond donors (Lipinski definition) is 3. The van der Waals surface area contributed by atoms with Crippen molar-refractivity contribution >= 4 is 29.2 Å². The van der Waals surface area contributed by atoms with E-state index in [0.717, 1.165) is 11.3 Å². The van der Waals surface area contributed by atoms with E-state index in [9.17, 15) is 18.8 Å². The van der Waals surface area contributed by atoms with Gasteiger partial charge in [0.1, 0.15) is 5.82 Å². The molecule has 1 heterocycles. The SMILES string of the molecule is CCC(=O)Nc1ccc(N2CCN(C(=O)NC(C)C)CC2)c(C(=O)NCc2ccc(F)cc2)c1. The molecule has 0 aliphatic carbocycles. The maximum absolute atomic E-state index is 13.2. The summed E-state index contributed by atoms with van der Waals surface area (Å²) in [5, 5.41) is 8.58. The lowest BCUT2D eigenvalue weighted by Crippen LogP contribution is -2.53. The van der Waals surface area contributed by atoms with Gasteiger partial charge in [-0.3, -0.25) is 9.59 Å². The van der Waals surface area contributed by atoms with Crippen molar-refractivity contribution in [3.63, 3.8) is 0 Å². The van der Waals surface area contributed by atoms with E-state index in [2.05, 4.69) is 20.9 Å². The van der Waals surface area contributed by atoms with Gasteiger partial charge in [0.05, 0.1) is 5.56 Å². The monoisotopic (exact) mass is 469 g/mol. The van der Waals surface area contributed by atoms with Gasteiger partial charge in [0.15, 0.2) is 0 Å². The number of nitrogens with one attached hydrogen (secondary N) is 3. The number of benzene rings is 2. The standard InChI is InChI=1S/C25H32FN5O3/c1-4-23(32)29-20-9-10-22(30-11-13-31(14-12-30)25(34)28-17(2)3)21(15-20)24(33)27-16-18-5-7-19(26)8-6-18/h5-10,15,17H,4,11-14,16H2,1-3H3,(H,27,33)(H,28,34)(H,29,32). The summed E-state index contributed by atoms with van der Waals surface area (Å²) >= 11 is 0. The lowest BCUT2D eigenvalue weighted by molar-refractivity contribution is -0.115. The number of anilines is 2. The fourth-order valence-corrected chi connectivity index (χ4v) is 3.69. The molecule has 8 nitrogen and oxygen atoms in total. The number of amides is 4. The molecular formula is C25H32FN5O3. The van der Waals surface area contributed by atoms with Crippen molar-refractivity contribution in [2.24, 2.45) is 0 Å². The minimum Gasteiger partial charge on any atom is -0.367 e. The Hall–Kier alpha value is -3.62. The van der Waals surface area contributed by atoms with Crippen molar-refractivity contribution < 1.29 is 18.8 Å². The molecule has 9 heteroatoms. The molecule has 3 N–H and O–H groups in total. The highest BCUT2D eigenvalue weighted by atomic mass is 19.1. The van der Waals surface area contributed by atoms with E-state index in [1.807, 2.05) is 19.9 Å². The van der Waals surface area contributed by atoms with Crippen molar-refractivity contribution in [2.75, 3.05) is 36.4 Å². The quantitative estimate of drug-likeness (QED) is 0.580. The summed E-state index contributed by atoms with van der Waals surface area (Å²) in [6, 6.07) is 11.2. The van der Waals surface area contributed by atoms with Crippen LogP contribution in [0.25, 0.3) is 0 Å². The number of carbonyl (C=O) groups is 3. The molecule has 1 aliphatic heterocycles. The number of urea groups is 1. The maximum atomic E-state index is 13.2. The first-order valence-electron chi connectivity index (χ1n) is 11.5. The van der Waals surface area contributed by atoms with Crippen LogP contribution in [-0.4, -0.2) is 55.0 Å². The number of halogens is 1. The van der Waals surface area contributed by atoms with Crippen LogP contribution in [0.15, 0.2) is 42.5 Å². The molecule has 0 radical (unpaired) electrons. The Kier molecular flexibility index (Phi) is 8.45. The average Bonchev–Trinajstić information content (AvgIpc) is 2.83. The second-order valence-corrected chi connectivity index (χ2v) is 8.52. The van der Waals surface area contributed by atoms with Crippen LogP contribution in [0, 0.1) is 5.82 Å². The van der Waals surface area contributed by atoms with Crippen molar-refractivity contribution in [3.8, 4) is 0 Å². The lowest BCUT2D eigenvalue weighted by atomic mass is 10.1. The molecule has 1 fully saturated rings. The third-order valence-corrected chi connectivity index (χ3v) is 5.53. The summed E-state index contributed by atoms with van der Waals surface area (Å²) in [4.78, 5) is 41.2. The summed E-state index contributed by atoms with van der Waals surface area (Å²) in [7, 11) is 0. The second-order valence-electron chi connectivity index (χ2n) is 8.52. The summed E-state index contributed by atoms with van der Waals surface area (Å²) in [5.74, 6) is -0.778. The van der Waals surface area contributed by atoms with E-state index < -0.39 is 0 Å². The molecular weight excluding hydrogens is 437 g/mol. The van der Waals surface area contributed by atoms with E-state index in [1.54, 1.807) is 36.1 Å². The van der Waals surface area contributed by atoms with Crippen LogP contribution in [-0.2, 0) is 11.3 Å². The zero-order valence-electron chi connectivity index (χ0n) is 19.9. The lowest BCUT2D eigenvalue weighted by Gasteiger charge is -2.37. The fourth-order valence-electron chi connectivity index (χ4n) is 3.69. The highest BCUT2D eigenvalue weighted by Crippen LogP contribution is 2.26. The van der Waals surface area contributed by atoms with Crippen molar-refractivity contribution in [1.29, 1.82) is 0 Å². The zero-order chi connectivity index (χ0) is 24.7. The van der Waals surface area contributed by atoms with Gasteiger partial charge in [-0.25, -0.2) is 9.18 Å². The van der Waals surface area contributed by atoms with Gasteiger partial charge in [0, 0.05) is 56.6 Å². The van der Waals surface area contributed by atoms with E-state index in [-0.39, 0.29) is 36.2 Å². The molecule has 0 atom stereocenters. The van der Waals surface area contributed by atoms with E-state index in [1.165, 1.54) is 12.1 Å². The second kappa shape index (κ2) is 11.5. The molecule has 3 rings (SSSR count). The Bertz CT molecular complexity index is 1020. The molecule has 4 amide bonds. The van der Waals surface area contributed by atoms with Crippen LogP contribution in [0.3, 0.4) is 0 Å². The minimum atomic E-state index is -0.335. The van der Waals surface area contributed by atoms with Gasteiger partial charge >= 0.3 is 6.03 Å². The Morgan fingerprint density at radius 2 is 1.68 bits per heavy atom. The molecule has 0 aromatic heterocycles. The average molecular weight is 470 g/mol. The van der Waals surface area contributed by atoms with Crippen molar-refractivity contribution in [2.45, 2.75) is 39.8 Å². The van der Waals surface area contributed by atoms with E-state index in [0.29, 0.717) is 43.9 Å². The Morgan fingerprint density at radius 3 is 2.29 bits per heavy atom. The largest absolute Gasteiger partial charge is 0.367 e. The Morgan fingerprint density at radius 1 is 1.00 bits per heavy atom. The molecule has 2 aromatic carbocycles. The van der Waals surface area contributed by atoms with Crippen molar-refractivity contribution in [3.05, 3.63) is 59.4 Å². The van der Waals surface area contributed by atoms with E-state index in [4.69, 9.17) is 0 Å². The maximum Gasteiger partial charge on any atom is 0.317 e. The fraction of sp³-hybridized carbons (Fsp3) is 0.400. The molecule has 182 valence electrons. The number of rotatable bonds is 7. The topological polar surface area (TPSA) is 93.8 Å². The number of carbonyl (C=O) groups excluding carboxylic acids is 3. The summed E-state index contributed by atoms with van der Waals surface area (Å²) < 4.78 is 13.2. The zero-order valence-corrected chi connectivity index (χ0v) is 19.9. The van der Waals surface area contributed by atoms with Crippen LogP contribution in [0.5, 0.6) is 0 Å². The highest BCUT2D eigenvalue weighted by Gasteiger charge is 2.25. The predicted molar refractivity (Wildman–Crippen MR) is 130 cm³/mol. The van der Waals surface area contributed by atoms with Gasteiger partial charge in [-0.05, 0) is 49.7 Å². The van der Waals surface area contributed by atoms with Crippen LogP contribution >= 0.6 is 0 Å². The molecule has 2 aromatic rings. The summed E-state index contributed by atoms with van der Waals surface area (Å²) in [6.07, 6.45) is 0.328. The van der Waals surface area contributed by atoms with Crippen molar-refractivity contribution in [1.82, 2.24) is 15.5 Å². The van der Waals surface area contributed by atoms with E-state index >= 15 is 0 Å². The van der Waals surface area contributed by atoms with Gasteiger partial charge in [-0.2, -0.15) is 0 Å². The molecule has 1 aliphatic rings. The summed E-state index contributed by atoms with van der Waals surface area (Å²) in [6.45, 7) is 8.05. The van der Waals surface area contributed by atoms with Gasteiger partial charge in [-0.15, -0.1) is 0 Å². The minimum absolute atomic E-state index is 0.0628. The molecule has 1 saturated heterocycles. The third kappa shape index (κ3) is 6.69. The van der Waals surface area contributed by atoms with Gasteiger partial charge in [0.2, 0.25) is 5.91 Å². The number of nitrogens with zero attached hydrogens (tertiary/aromatic N) is 2. The number of hydrogen-bond acceptors (Lipinski definition) is 4. The van der Waals surface area contributed by atoms with Crippen LogP contribution in [0.4, 0.5) is 20.6 Å². The normalized spacial score (nSPS) is 13.6. The van der Waals surface area contributed by atoms with Gasteiger partial charge in [0.25, 0.3) is 5.91 Å². The van der Waals surface area contributed by atoms with Gasteiger partial charge < -0.3 is 25.8 Å². The van der Waals surface area contributed by atoms with Gasteiger partial charge in [-0.1, -0.05) is 19.1 Å². The van der Waals surface area contributed by atoms with Crippen LogP contribution in [0.1, 0.15) is 43.1 Å². The molecule has 0 bridgehead atoms. The first-order valence-corrected chi connectivity index (χ1v) is 11.5. The molecule has 0 saturated carbocycles. The molecule has 0 unspecified atom stereocenters. The van der Waals surface area contributed by atoms with Crippen LogP contribution in [0.2, 0.25) is 0 Å². The third-order valence-electron chi connectivity index (χ3n) is 5.53. The predicted octanol–water partition coefficient (Wildman–Crippen LogP) is 3.34.